The van der Waals surface area contributed by atoms with Gasteiger partial charge in [-0.05, 0) is 19.3 Å². The van der Waals surface area contributed by atoms with Gasteiger partial charge in [-0.2, -0.15) is 5.01 Å². The summed E-state index contributed by atoms with van der Waals surface area (Å²) in [5, 5.41) is 1.13. The first-order valence-electron chi connectivity index (χ1n) is 3.57. The molecule has 0 spiro atoms. The third kappa shape index (κ3) is 1.51. The van der Waals surface area contributed by atoms with E-state index in [1.165, 1.54) is 0 Å². The van der Waals surface area contributed by atoms with Crippen LogP contribution in [-0.4, -0.2) is 16.6 Å². The highest BCUT2D eigenvalue weighted by atomic mass is 15.6. The summed E-state index contributed by atoms with van der Waals surface area (Å²) in [6.07, 6.45) is 2.02. The summed E-state index contributed by atoms with van der Waals surface area (Å²) < 4.78 is 0. The zero-order valence-corrected chi connectivity index (χ0v) is 6.46. The molecule has 66 valence electrons. The minimum Gasteiger partial charge on any atom is -0.300 e. The van der Waals surface area contributed by atoms with Crippen LogP contribution in [0.5, 0.6) is 0 Å². The van der Waals surface area contributed by atoms with Crippen LogP contribution < -0.4 is 28.8 Å². The Morgan fingerprint density at radius 1 is 0.909 bits per heavy atom. The van der Waals surface area contributed by atoms with Crippen molar-refractivity contribution in [1.29, 1.82) is 0 Å². The van der Waals surface area contributed by atoms with E-state index in [2.05, 4.69) is 0 Å². The zero-order chi connectivity index (χ0) is 8.70. The fraction of sp³-hybridized carbons (Fsp3) is 1.00. The molecule has 0 saturated carbocycles. The number of hydrogen-bond acceptors (Lipinski definition) is 6. The van der Waals surface area contributed by atoms with Gasteiger partial charge < -0.3 is 0 Å². The van der Waals surface area contributed by atoms with E-state index in [0.717, 1.165) is 11.4 Å². The van der Waals surface area contributed by atoms with Crippen LogP contribution in [0.15, 0.2) is 0 Å². The Morgan fingerprint density at radius 2 is 1.27 bits per heavy atom. The van der Waals surface area contributed by atoms with Gasteiger partial charge in [-0.1, -0.05) is 0 Å². The van der Waals surface area contributed by atoms with Crippen molar-refractivity contribution in [3.05, 3.63) is 0 Å². The lowest BCUT2D eigenvalue weighted by molar-refractivity contribution is -0.0561. The number of hydrogen-bond donors (Lipinski definition) is 5. The molecule has 0 radical (unpaired) electrons. The molecule has 1 rings (SSSR count). The van der Waals surface area contributed by atoms with E-state index in [0.29, 0.717) is 12.8 Å². The van der Waals surface area contributed by atoms with Gasteiger partial charge in [-0.3, -0.25) is 28.8 Å². The Kier molecular flexibility index (Phi) is 1.91. The quantitative estimate of drug-likeness (QED) is 0.196. The Hall–Kier alpha value is -0.240. The van der Waals surface area contributed by atoms with Gasteiger partial charge in [0.2, 0.25) is 0 Å². The van der Waals surface area contributed by atoms with Gasteiger partial charge in [0, 0.05) is 0 Å². The fourth-order valence-electron chi connectivity index (χ4n) is 1.28. The molecule has 0 amide bonds. The van der Waals surface area contributed by atoms with E-state index in [1.807, 2.05) is 0 Å². The molecule has 0 bridgehead atoms. The van der Waals surface area contributed by atoms with E-state index in [9.17, 15) is 0 Å². The number of rotatable bonds is 0. The topological polar surface area (TPSA) is 133 Å². The first-order valence-corrected chi connectivity index (χ1v) is 3.57. The molecule has 1 fully saturated rings. The highest BCUT2D eigenvalue weighted by Gasteiger charge is 2.41. The van der Waals surface area contributed by atoms with Crippen molar-refractivity contribution in [2.24, 2.45) is 28.8 Å². The summed E-state index contributed by atoms with van der Waals surface area (Å²) in [5.74, 6) is 3.39. The summed E-state index contributed by atoms with van der Waals surface area (Å²) in [4.78, 5) is 0. The van der Waals surface area contributed by atoms with Crippen molar-refractivity contribution in [2.45, 2.75) is 30.8 Å². The van der Waals surface area contributed by atoms with Gasteiger partial charge in [0.05, 0.1) is 0 Å². The van der Waals surface area contributed by atoms with Crippen LogP contribution in [0.1, 0.15) is 19.3 Å². The van der Waals surface area contributed by atoms with Crippen molar-refractivity contribution >= 4 is 0 Å². The average molecular weight is 160 g/mol. The van der Waals surface area contributed by atoms with E-state index >= 15 is 0 Å². The van der Waals surface area contributed by atoms with Gasteiger partial charge in [-0.15, -0.1) is 0 Å². The molecule has 0 aromatic carbocycles. The fourth-order valence-corrected chi connectivity index (χ4v) is 1.28. The molecule has 1 saturated heterocycles. The number of nitrogens with two attached hydrogens (primary N) is 5. The largest absolute Gasteiger partial charge is 0.300 e. The molecule has 0 aromatic heterocycles. The highest BCUT2D eigenvalue weighted by molar-refractivity contribution is 4.89. The predicted molar refractivity (Wildman–Crippen MR) is 42.1 cm³/mol. The van der Waals surface area contributed by atoms with Gasteiger partial charge in [-0.25, -0.2) is 0 Å². The second kappa shape index (κ2) is 2.37. The lowest BCUT2D eigenvalue weighted by atomic mass is 10.00. The molecule has 10 N–H and O–H groups in total. The summed E-state index contributed by atoms with van der Waals surface area (Å²) in [5.41, 5.74) is 22.5. The Balaban J connectivity index is 2.76. The van der Waals surface area contributed by atoms with Crippen LogP contribution in [-0.2, 0) is 0 Å². The SMILES string of the molecule is NN1C(N)(N)CCCC1(N)N. The molecule has 1 heterocycles. The number of nitrogens with zero attached hydrogens (tertiary/aromatic N) is 1. The van der Waals surface area contributed by atoms with Crippen molar-refractivity contribution < 1.29 is 0 Å². The van der Waals surface area contributed by atoms with Crippen molar-refractivity contribution in [3.8, 4) is 0 Å². The standard InChI is InChI=1S/C5H16N6/c6-4(7)2-1-3-5(8,9)11(4)10/h1-3,6-10H2. The van der Waals surface area contributed by atoms with Crippen LogP contribution in [0.25, 0.3) is 0 Å². The summed E-state index contributed by atoms with van der Waals surface area (Å²) in [6.45, 7) is 0. The van der Waals surface area contributed by atoms with Crippen molar-refractivity contribution in [2.75, 3.05) is 0 Å². The highest BCUT2D eigenvalue weighted by Crippen LogP contribution is 2.22. The van der Waals surface area contributed by atoms with E-state index in [4.69, 9.17) is 28.8 Å². The average Bonchev–Trinajstić information content (AvgIpc) is 1.82. The van der Waals surface area contributed by atoms with Crippen LogP contribution in [0.4, 0.5) is 0 Å². The second-order valence-corrected chi connectivity index (χ2v) is 3.21. The minimum absolute atomic E-state index is 0.611. The summed E-state index contributed by atoms with van der Waals surface area (Å²) in [7, 11) is 0. The molecule has 0 unspecified atom stereocenters. The van der Waals surface area contributed by atoms with Crippen LogP contribution >= 0.6 is 0 Å². The normalized spacial score (nSPS) is 30.3. The number of piperidine rings is 1. The molecule has 0 aromatic rings. The molecule has 1 aliphatic rings. The minimum atomic E-state index is -1.07. The second-order valence-electron chi connectivity index (χ2n) is 3.21. The van der Waals surface area contributed by atoms with Gasteiger partial charge in [0.15, 0.2) is 0 Å². The molecule has 0 aliphatic carbocycles. The first-order chi connectivity index (χ1) is 4.86. The smallest absolute Gasteiger partial charge is 0.136 e. The number of hydrazine groups is 1. The zero-order valence-electron chi connectivity index (χ0n) is 6.46. The Labute approximate surface area is 65.6 Å². The Morgan fingerprint density at radius 3 is 1.55 bits per heavy atom. The maximum Gasteiger partial charge on any atom is 0.136 e. The van der Waals surface area contributed by atoms with Crippen molar-refractivity contribution in [1.82, 2.24) is 5.01 Å². The van der Waals surface area contributed by atoms with Gasteiger partial charge in [0.25, 0.3) is 0 Å². The molecule has 0 atom stereocenters. The predicted octanol–water partition coefficient (Wildman–Crippen LogP) is -2.51. The van der Waals surface area contributed by atoms with Crippen LogP contribution in [0, 0.1) is 0 Å². The Bertz CT molecular complexity index is 137. The molecule has 11 heavy (non-hydrogen) atoms. The maximum atomic E-state index is 5.62. The van der Waals surface area contributed by atoms with Crippen molar-refractivity contribution in [3.63, 3.8) is 0 Å². The van der Waals surface area contributed by atoms with Crippen LogP contribution in [0.2, 0.25) is 0 Å². The van der Waals surface area contributed by atoms with E-state index < -0.39 is 11.6 Å². The summed E-state index contributed by atoms with van der Waals surface area (Å²) >= 11 is 0. The monoisotopic (exact) mass is 160 g/mol. The first kappa shape index (κ1) is 8.85. The lowest BCUT2D eigenvalue weighted by Crippen LogP contribution is -2.80. The molecule has 6 heteroatoms. The van der Waals surface area contributed by atoms with Gasteiger partial charge >= 0.3 is 0 Å². The van der Waals surface area contributed by atoms with Gasteiger partial charge in [0.1, 0.15) is 11.6 Å². The third-order valence-corrected chi connectivity index (χ3v) is 2.05. The lowest BCUT2D eigenvalue weighted by Gasteiger charge is -2.47. The van der Waals surface area contributed by atoms with E-state index in [-0.39, 0.29) is 0 Å². The third-order valence-electron chi connectivity index (χ3n) is 2.05. The summed E-state index contributed by atoms with van der Waals surface area (Å²) in [6, 6.07) is 0. The maximum absolute atomic E-state index is 5.62. The molecule has 1 aliphatic heterocycles. The van der Waals surface area contributed by atoms with Crippen LogP contribution in [0.3, 0.4) is 0 Å². The molecular weight excluding hydrogens is 144 g/mol. The molecular formula is C5H16N6. The van der Waals surface area contributed by atoms with E-state index in [1.54, 1.807) is 0 Å². The molecule has 6 nitrogen and oxygen atoms in total.